The Kier molecular flexibility index (Phi) is 7.53. The van der Waals surface area contributed by atoms with Gasteiger partial charge >= 0.3 is 6.03 Å². The molecule has 2 heterocycles. The Morgan fingerprint density at radius 2 is 1.78 bits per heavy atom. The van der Waals surface area contributed by atoms with Gasteiger partial charge in [-0.3, -0.25) is 0 Å². The minimum Gasteiger partial charge on any atom is -0.392 e. The first-order valence-corrected chi connectivity index (χ1v) is 10.7. The maximum absolute atomic E-state index is 12.6. The number of amides is 2. The molecule has 0 bridgehead atoms. The van der Waals surface area contributed by atoms with Gasteiger partial charge in [0.15, 0.2) is 0 Å². The van der Waals surface area contributed by atoms with Crippen LogP contribution in [0, 0.1) is 5.92 Å². The number of hydrogen-bond acceptors (Lipinski definition) is 3. The van der Waals surface area contributed by atoms with E-state index in [-0.39, 0.29) is 18.1 Å². The summed E-state index contributed by atoms with van der Waals surface area (Å²) in [5.41, 5.74) is 1.18. The summed E-state index contributed by atoms with van der Waals surface area (Å²) in [6, 6.07) is 10.6. The molecule has 2 saturated heterocycles. The lowest BCUT2D eigenvalue weighted by atomic mass is 9.88. The summed E-state index contributed by atoms with van der Waals surface area (Å²) in [7, 11) is 0. The molecule has 0 saturated carbocycles. The van der Waals surface area contributed by atoms with Crippen LogP contribution in [0.3, 0.4) is 0 Å². The average molecular weight is 374 g/mol. The fraction of sp³-hybridized carbons (Fsp3) is 0.682. The van der Waals surface area contributed by atoms with Crippen molar-refractivity contribution < 1.29 is 9.90 Å². The molecule has 2 N–H and O–H groups in total. The quantitative estimate of drug-likeness (QED) is 0.806. The van der Waals surface area contributed by atoms with Crippen molar-refractivity contribution in [2.24, 2.45) is 5.92 Å². The number of rotatable bonds is 6. The van der Waals surface area contributed by atoms with E-state index in [1.54, 1.807) is 0 Å². The second kappa shape index (κ2) is 10.1. The lowest BCUT2D eigenvalue weighted by molar-refractivity contribution is 0.0662. The molecule has 2 aliphatic rings. The van der Waals surface area contributed by atoms with Gasteiger partial charge in [-0.25, -0.2) is 4.79 Å². The zero-order chi connectivity index (χ0) is 19.1. The first-order chi connectivity index (χ1) is 13.2. The van der Waals surface area contributed by atoms with Gasteiger partial charge in [0.1, 0.15) is 0 Å². The highest BCUT2D eigenvalue weighted by Gasteiger charge is 2.29. The molecule has 2 aliphatic heterocycles. The Morgan fingerprint density at radius 3 is 2.41 bits per heavy atom. The highest BCUT2D eigenvalue weighted by molar-refractivity contribution is 5.74. The third-order valence-corrected chi connectivity index (χ3v) is 6.11. The van der Waals surface area contributed by atoms with Crippen LogP contribution < -0.4 is 5.32 Å². The number of piperidine rings is 2. The summed E-state index contributed by atoms with van der Waals surface area (Å²) in [6.07, 6.45) is 5.46. The topological polar surface area (TPSA) is 55.8 Å². The largest absolute Gasteiger partial charge is 0.392 e. The number of aliphatic hydroxyl groups is 1. The van der Waals surface area contributed by atoms with E-state index in [0.717, 1.165) is 51.9 Å². The first kappa shape index (κ1) is 20.2. The number of likely N-dealkylation sites (tertiary alicyclic amines) is 2. The summed E-state index contributed by atoms with van der Waals surface area (Å²) in [5.74, 6) is 0.284. The van der Waals surface area contributed by atoms with Gasteiger partial charge < -0.3 is 20.2 Å². The number of aliphatic hydroxyl groups excluding tert-OH is 1. The molecule has 0 unspecified atom stereocenters. The molecule has 2 fully saturated rings. The summed E-state index contributed by atoms with van der Waals surface area (Å²) >= 11 is 0. The van der Waals surface area contributed by atoms with Crippen LogP contribution in [0.15, 0.2) is 30.3 Å². The van der Waals surface area contributed by atoms with Crippen LogP contribution in [-0.2, 0) is 6.42 Å². The van der Waals surface area contributed by atoms with Crippen molar-refractivity contribution >= 4 is 6.03 Å². The van der Waals surface area contributed by atoms with Crippen LogP contribution in [-0.4, -0.2) is 65.8 Å². The minimum absolute atomic E-state index is 0.0833. The van der Waals surface area contributed by atoms with Crippen molar-refractivity contribution in [2.75, 3.05) is 32.7 Å². The fourth-order valence-electron chi connectivity index (χ4n) is 4.39. The maximum atomic E-state index is 12.6. The molecule has 1 aromatic rings. The standard InChI is InChI=1S/C22H35N3O2/c1-2-12-24-13-10-20(11-14-24)23-22(27)25-15-8-19(9-16-25)21(26)17-18-6-4-3-5-7-18/h3-7,19-21,26H,2,8-17H2,1H3,(H,23,27)/t21-/m0/s1. The zero-order valence-corrected chi connectivity index (χ0v) is 16.6. The van der Waals surface area contributed by atoms with Crippen molar-refractivity contribution in [3.8, 4) is 0 Å². The van der Waals surface area contributed by atoms with Gasteiger partial charge in [0.25, 0.3) is 0 Å². The van der Waals surface area contributed by atoms with E-state index in [9.17, 15) is 9.90 Å². The number of carbonyl (C=O) groups excluding carboxylic acids is 1. The van der Waals surface area contributed by atoms with E-state index in [4.69, 9.17) is 0 Å². The summed E-state index contributed by atoms with van der Waals surface area (Å²) < 4.78 is 0. The van der Waals surface area contributed by atoms with Crippen molar-refractivity contribution in [3.05, 3.63) is 35.9 Å². The van der Waals surface area contributed by atoms with Gasteiger partial charge in [-0.05, 0) is 56.6 Å². The van der Waals surface area contributed by atoms with E-state index >= 15 is 0 Å². The van der Waals surface area contributed by atoms with Gasteiger partial charge in [-0.2, -0.15) is 0 Å². The molecule has 150 valence electrons. The molecular formula is C22H35N3O2. The van der Waals surface area contributed by atoms with E-state index in [1.807, 2.05) is 23.1 Å². The Bertz CT molecular complexity index is 564. The number of hydrogen-bond donors (Lipinski definition) is 2. The second-order valence-electron chi connectivity index (χ2n) is 8.15. The molecule has 1 atom stereocenters. The third-order valence-electron chi connectivity index (χ3n) is 6.11. The maximum Gasteiger partial charge on any atom is 0.317 e. The monoisotopic (exact) mass is 373 g/mol. The second-order valence-corrected chi connectivity index (χ2v) is 8.15. The SMILES string of the molecule is CCCN1CCC(NC(=O)N2CCC([C@@H](O)Cc3ccccc3)CC2)CC1. The highest BCUT2D eigenvalue weighted by atomic mass is 16.3. The summed E-state index contributed by atoms with van der Waals surface area (Å²) in [4.78, 5) is 17.0. The minimum atomic E-state index is -0.319. The molecule has 0 radical (unpaired) electrons. The molecule has 5 nitrogen and oxygen atoms in total. The Hall–Kier alpha value is -1.59. The van der Waals surface area contributed by atoms with E-state index in [2.05, 4.69) is 29.3 Å². The van der Waals surface area contributed by atoms with Crippen LogP contribution >= 0.6 is 0 Å². The van der Waals surface area contributed by atoms with E-state index in [0.29, 0.717) is 12.5 Å². The number of urea groups is 1. The molecule has 0 spiro atoms. The molecule has 5 heteroatoms. The Morgan fingerprint density at radius 1 is 1.11 bits per heavy atom. The molecule has 2 amide bonds. The third kappa shape index (κ3) is 5.94. The number of carbonyl (C=O) groups is 1. The predicted octanol–water partition coefficient (Wildman–Crippen LogP) is 2.89. The van der Waals surface area contributed by atoms with E-state index < -0.39 is 0 Å². The van der Waals surface area contributed by atoms with Gasteiger partial charge in [0, 0.05) is 32.2 Å². The van der Waals surface area contributed by atoms with Gasteiger partial charge in [-0.15, -0.1) is 0 Å². The molecule has 0 aromatic heterocycles. The zero-order valence-electron chi connectivity index (χ0n) is 16.6. The molecule has 1 aromatic carbocycles. The van der Waals surface area contributed by atoms with Crippen molar-refractivity contribution in [3.63, 3.8) is 0 Å². The van der Waals surface area contributed by atoms with Crippen LogP contribution in [0.5, 0.6) is 0 Å². The lowest BCUT2D eigenvalue weighted by Gasteiger charge is -2.37. The summed E-state index contributed by atoms with van der Waals surface area (Å²) in [5, 5.41) is 13.8. The molecule has 27 heavy (non-hydrogen) atoms. The fourth-order valence-corrected chi connectivity index (χ4v) is 4.39. The molecular weight excluding hydrogens is 338 g/mol. The summed E-state index contributed by atoms with van der Waals surface area (Å²) in [6.45, 7) is 7.06. The number of nitrogens with zero attached hydrogens (tertiary/aromatic N) is 2. The van der Waals surface area contributed by atoms with Crippen molar-refractivity contribution in [2.45, 2.75) is 57.6 Å². The number of nitrogens with one attached hydrogen (secondary N) is 1. The van der Waals surface area contributed by atoms with E-state index in [1.165, 1.54) is 18.5 Å². The average Bonchev–Trinajstić information content (AvgIpc) is 2.70. The lowest BCUT2D eigenvalue weighted by Crippen LogP contribution is -2.51. The Labute approximate surface area is 163 Å². The van der Waals surface area contributed by atoms with Crippen LogP contribution in [0.1, 0.15) is 44.6 Å². The predicted molar refractivity (Wildman–Crippen MR) is 109 cm³/mol. The van der Waals surface area contributed by atoms with Crippen molar-refractivity contribution in [1.29, 1.82) is 0 Å². The molecule has 3 rings (SSSR count). The van der Waals surface area contributed by atoms with Gasteiger partial charge in [-0.1, -0.05) is 37.3 Å². The smallest absolute Gasteiger partial charge is 0.317 e. The first-order valence-electron chi connectivity index (χ1n) is 10.7. The number of benzene rings is 1. The normalized spacial score (nSPS) is 21.2. The molecule has 0 aliphatic carbocycles. The van der Waals surface area contributed by atoms with Gasteiger partial charge in [0.05, 0.1) is 6.10 Å². The van der Waals surface area contributed by atoms with Crippen molar-refractivity contribution in [1.82, 2.24) is 15.1 Å². The highest BCUT2D eigenvalue weighted by Crippen LogP contribution is 2.23. The Balaban J connectivity index is 1.38. The van der Waals surface area contributed by atoms with Gasteiger partial charge in [0.2, 0.25) is 0 Å². The van der Waals surface area contributed by atoms with Crippen LogP contribution in [0.25, 0.3) is 0 Å². The van der Waals surface area contributed by atoms with Crippen LogP contribution in [0.4, 0.5) is 4.79 Å². The van der Waals surface area contributed by atoms with Crippen LogP contribution in [0.2, 0.25) is 0 Å².